The van der Waals surface area contributed by atoms with Gasteiger partial charge in [0.1, 0.15) is 6.04 Å². The maximum absolute atomic E-state index is 12.6. The summed E-state index contributed by atoms with van der Waals surface area (Å²) in [5, 5.41) is 11.7. The molecule has 7 nitrogen and oxygen atoms in total. The van der Waals surface area contributed by atoms with Crippen LogP contribution in [-0.2, 0) is 15.8 Å². The van der Waals surface area contributed by atoms with Crippen molar-refractivity contribution in [1.82, 2.24) is 14.9 Å². The lowest BCUT2D eigenvalue weighted by Gasteiger charge is -2.20. The van der Waals surface area contributed by atoms with Crippen LogP contribution in [0.15, 0.2) is 18.2 Å². The van der Waals surface area contributed by atoms with E-state index in [2.05, 4.69) is 15.3 Å². The summed E-state index contributed by atoms with van der Waals surface area (Å²) < 4.78 is 37.9. The van der Waals surface area contributed by atoms with Crippen LogP contribution in [0.4, 0.5) is 18.9 Å². The summed E-state index contributed by atoms with van der Waals surface area (Å²) in [5.41, 5.74) is 0.589. The molecular weight excluding hydrogens is 341 g/mol. The number of aromatic nitrogens is 2. The molecule has 1 aliphatic rings. The number of rotatable bonds is 4. The third-order valence-electron chi connectivity index (χ3n) is 4.03. The molecule has 3 rings (SSSR count). The minimum absolute atomic E-state index is 0.0915. The number of hydrogen-bond acceptors (Lipinski definition) is 4. The van der Waals surface area contributed by atoms with E-state index < -0.39 is 29.9 Å². The zero-order valence-electron chi connectivity index (χ0n) is 12.9. The number of benzene rings is 1. The summed E-state index contributed by atoms with van der Waals surface area (Å²) in [7, 11) is 0. The summed E-state index contributed by atoms with van der Waals surface area (Å²) in [5.74, 6) is -2.50. The number of imidazole rings is 1. The van der Waals surface area contributed by atoms with Crippen molar-refractivity contribution in [1.29, 1.82) is 0 Å². The molecule has 0 saturated carbocycles. The van der Waals surface area contributed by atoms with Gasteiger partial charge in [-0.05, 0) is 37.6 Å². The van der Waals surface area contributed by atoms with E-state index in [1.54, 1.807) is 4.90 Å². The standard InChI is InChI=1S/C15H15F3N4O3/c16-15(17,18)14-20-9-4-3-8(6-10(9)21-14)19-12(23)7-22-5-1-2-11(22)13(24)25/h3-4,6,11H,1-2,5,7H2,(H,19,23)(H,20,21)(H,24,25)/t11-/m1/s1. The minimum atomic E-state index is -4.58. The summed E-state index contributed by atoms with van der Waals surface area (Å²) in [6.07, 6.45) is -3.39. The van der Waals surface area contributed by atoms with Crippen LogP contribution in [0.3, 0.4) is 0 Å². The molecule has 0 spiro atoms. The first-order valence-corrected chi connectivity index (χ1v) is 7.58. The molecule has 1 fully saturated rings. The van der Waals surface area contributed by atoms with Crippen LogP contribution in [-0.4, -0.2) is 51.0 Å². The van der Waals surface area contributed by atoms with Gasteiger partial charge in [-0.15, -0.1) is 0 Å². The van der Waals surface area contributed by atoms with Gasteiger partial charge in [0.2, 0.25) is 11.7 Å². The van der Waals surface area contributed by atoms with Crippen molar-refractivity contribution in [3.63, 3.8) is 0 Å². The number of alkyl halides is 3. The fraction of sp³-hybridized carbons (Fsp3) is 0.400. The van der Waals surface area contributed by atoms with E-state index in [1.807, 2.05) is 0 Å². The average molecular weight is 356 g/mol. The number of carboxylic acids is 1. The Kier molecular flexibility index (Phi) is 4.38. The van der Waals surface area contributed by atoms with Gasteiger partial charge in [0.25, 0.3) is 0 Å². The van der Waals surface area contributed by atoms with Gasteiger partial charge in [-0.3, -0.25) is 14.5 Å². The molecule has 25 heavy (non-hydrogen) atoms. The van der Waals surface area contributed by atoms with Crippen molar-refractivity contribution in [2.45, 2.75) is 25.1 Å². The van der Waals surface area contributed by atoms with E-state index in [0.29, 0.717) is 25.1 Å². The molecule has 1 aliphatic heterocycles. The number of nitrogens with zero attached hydrogens (tertiary/aromatic N) is 2. The van der Waals surface area contributed by atoms with Crippen LogP contribution in [0.1, 0.15) is 18.7 Å². The molecule has 0 bridgehead atoms. The second-order valence-electron chi connectivity index (χ2n) is 5.83. The van der Waals surface area contributed by atoms with Crippen molar-refractivity contribution in [2.24, 2.45) is 0 Å². The Morgan fingerprint density at radius 3 is 2.84 bits per heavy atom. The van der Waals surface area contributed by atoms with Gasteiger partial charge in [-0.2, -0.15) is 13.2 Å². The van der Waals surface area contributed by atoms with E-state index in [1.165, 1.54) is 18.2 Å². The molecule has 0 unspecified atom stereocenters. The highest BCUT2D eigenvalue weighted by Gasteiger charge is 2.35. The topological polar surface area (TPSA) is 98.3 Å². The molecule has 1 amide bonds. The fourth-order valence-corrected chi connectivity index (χ4v) is 2.90. The smallest absolute Gasteiger partial charge is 0.449 e. The Morgan fingerprint density at radius 2 is 2.16 bits per heavy atom. The van der Waals surface area contributed by atoms with Crippen molar-refractivity contribution in [3.05, 3.63) is 24.0 Å². The second-order valence-corrected chi connectivity index (χ2v) is 5.83. The number of nitrogens with one attached hydrogen (secondary N) is 2. The van der Waals surface area contributed by atoms with E-state index in [0.717, 1.165) is 0 Å². The van der Waals surface area contributed by atoms with Crippen molar-refractivity contribution < 1.29 is 27.9 Å². The molecule has 3 N–H and O–H groups in total. The number of aliphatic carboxylic acids is 1. The number of aromatic amines is 1. The molecule has 10 heteroatoms. The lowest BCUT2D eigenvalue weighted by molar-refractivity contribution is -0.144. The van der Waals surface area contributed by atoms with E-state index >= 15 is 0 Å². The Hall–Kier alpha value is -2.62. The van der Waals surface area contributed by atoms with Gasteiger partial charge < -0.3 is 15.4 Å². The number of hydrogen-bond donors (Lipinski definition) is 3. The number of fused-ring (bicyclic) bond motifs is 1. The Bertz CT molecular complexity index is 818. The highest BCUT2D eigenvalue weighted by atomic mass is 19.4. The summed E-state index contributed by atoms with van der Waals surface area (Å²) in [4.78, 5) is 30.4. The predicted octanol–water partition coefficient (Wildman–Crippen LogP) is 2.07. The van der Waals surface area contributed by atoms with Gasteiger partial charge in [0.05, 0.1) is 17.6 Å². The summed E-state index contributed by atoms with van der Waals surface area (Å²) in [6.45, 7) is 0.421. The molecular formula is C15H15F3N4O3. The zero-order valence-corrected chi connectivity index (χ0v) is 12.9. The first-order chi connectivity index (χ1) is 11.7. The Labute approximate surface area is 139 Å². The van der Waals surface area contributed by atoms with Crippen molar-refractivity contribution >= 4 is 28.6 Å². The number of carbonyl (C=O) groups excluding carboxylic acids is 1. The maximum atomic E-state index is 12.6. The molecule has 2 heterocycles. The number of likely N-dealkylation sites (tertiary alicyclic amines) is 1. The number of halogens is 3. The SMILES string of the molecule is O=C(CN1CCC[C@@H]1C(=O)O)Nc1ccc2nc(C(F)(F)F)[nH]c2c1. The number of anilines is 1. The first kappa shape index (κ1) is 17.2. The lowest BCUT2D eigenvalue weighted by atomic mass is 10.2. The number of H-pyrrole nitrogens is 1. The monoisotopic (exact) mass is 356 g/mol. The third-order valence-corrected chi connectivity index (χ3v) is 4.03. The van der Waals surface area contributed by atoms with Gasteiger partial charge >= 0.3 is 12.1 Å². The molecule has 1 aromatic carbocycles. The van der Waals surface area contributed by atoms with Crippen LogP contribution in [0, 0.1) is 0 Å². The van der Waals surface area contributed by atoms with Gasteiger partial charge in [0.15, 0.2) is 0 Å². The van der Waals surface area contributed by atoms with Crippen LogP contribution < -0.4 is 5.32 Å². The second kappa shape index (κ2) is 6.36. The first-order valence-electron chi connectivity index (χ1n) is 7.58. The average Bonchev–Trinajstić information content (AvgIpc) is 3.12. The van der Waals surface area contributed by atoms with Crippen LogP contribution >= 0.6 is 0 Å². The van der Waals surface area contributed by atoms with Gasteiger partial charge in [-0.1, -0.05) is 0 Å². The lowest BCUT2D eigenvalue weighted by Crippen LogP contribution is -2.40. The molecule has 1 saturated heterocycles. The quantitative estimate of drug-likeness (QED) is 0.779. The summed E-state index contributed by atoms with van der Waals surface area (Å²) >= 11 is 0. The normalized spacial score (nSPS) is 18.6. The third kappa shape index (κ3) is 3.73. The zero-order chi connectivity index (χ0) is 18.2. The molecule has 1 aromatic heterocycles. The van der Waals surface area contributed by atoms with Crippen molar-refractivity contribution in [3.8, 4) is 0 Å². The Balaban J connectivity index is 1.70. The highest BCUT2D eigenvalue weighted by molar-refractivity contribution is 5.94. The number of carboxylic acid groups (broad SMARTS) is 1. The van der Waals surface area contributed by atoms with Gasteiger partial charge in [0, 0.05) is 5.69 Å². The fourth-order valence-electron chi connectivity index (χ4n) is 2.90. The molecule has 0 aliphatic carbocycles. The predicted molar refractivity (Wildman–Crippen MR) is 82.0 cm³/mol. The van der Waals surface area contributed by atoms with Crippen LogP contribution in [0.2, 0.25) is 0 Å². The number of amides is 1. The van der Waals surface area contributed by atoms with Crippen LogP contribution in [0.5, 0.6) is 0 Å². The largest absolute Gasteiger partial charge is 0.480 e. The molecule has 134 valence electrons. The number of carbonyl (C=O) groups is 2. The van der Waals surface area contributed by atoms with E-state index in [-0.39, 0.29) is 17.6 Å². The van der Waals surface area contributed by atoms with Crippen LogP contribution in [0.25, 0.3) is 11.0 Å². The van der Waals surface area contributed by atoms with Crippen molar-refractivity contribution in [2.75, 3.05) is 18.4 Å². The Morgan fingerprint density at radius 1 is 1.40 bits per heavy atom. The van der Waals surface area contributed by atoms with E-state index in [9.17, 15) is 22.8 Å². The minimum Gasteiger partial charge on any atom is -0.480 e. The molecule has 2 aromatic rings. The molecule has 1 atom stereocenters. The van der Waals surface area contributed by atoms with E-state index in [4.69, 9.17) is 5.11 Å². The summed E-state index contributed by atoms with van der Waals surface area (Å²) in [6, 6.07) is 3.48. The maximum Gasteiger partial charge on any atom is 0.449 e. The molecule has 0 radical (unpaired) electrons. The highest BCUT2D eigenvalue weighted by Crippen LogP contribution is 2.29. The van der Waals surface area contributed by atoms with Gasteiger partial charge in [-0.25, -0.2) is 4.98 Å².